The Bertz CT molecular complexity index is 946. The number of nitrogens with two attached hydrogens (primary N) is 1. The van der Waals surface area contributed by atoms with Crippen LogP contribution in [0.25, 0.3) is 11.5 Å². The molecule has 7 N–H and O–H groups in total. The van der Waals surface area contributed by atoms with Crippen LogP contribution in [0.3, 0.4) is 0 Å². The van der Waals surface area contributed by atoms with E-state index in [1.807, 2.05) is 0 Å². The fourth-order valence-electron chi connectivity index (χ4n) is 3.34. The number of nitrogens with zero attached hydrogens (tertiary/aromatic N) is 3. The first-order valence-corrected chi connectivity index (χ1v) is 9.11. The number of furan rings is 1. The molecule has 0 spiro atoms. The lowest BCUT2D eigenvalue weighted by atomic mass is 10.1. The molecule has 0 radical (unpaired) electrons. The summed E-state index contributed by atoms with van der Waals surface area (Å²) in [5, 5.41) is 31.9. The normalized spacial score (nSPS) is 15.5. The van der Waals surface area contributed by atoms with Crippen LogP contribution in [0.2, 0.25) is 0 Å². The minimum atomic E-state index is -1.34. The fourth-order valence-corrected chi connectivity index (χ4v) is 3.34. The second-order valence-electron chi connectivity index (χ2n) is 6.71. The zero-order chi connectivity index (χ0) is 19.5. The molecule has 0 bridgehead atoms. The van der Waals surface area contributed by atoms with Crippen molar-refractivity contribution in [3.63, 3.8) is 0 Å². The van der Waals surface area contributed by atoms with Crippen LogP contribution in [-0.4, -0.2) is 43.3 Å². The molecule has 4 rings (SSSR count). The summed E-state index contributed by atoms with van der Waals surface area (Å²) in [6.45, 7) is 0. The molecule has 0 aromatic carbocycles. The molecule has 1 saturated carbocycles. The Kier molecular flexibility index (Phi) is 4.94. The SMILES string of the molecule is N=C(c1c(N)ncnc1NC1CCCC1)C(O)Nc1cc(-c2ccco2)[nH]n1. The molecule has 3 aromatic heterocycles. The second kappa shape index (κ2) is 7.69. The van der Waals surface area contributed by atoms with Gasteiger partial charge in [-0.15, -0.1) is 0 Å². The van der Waals surface area contributed by atoms with Gasteiger partial charge in [-0.25, -0.2) is 9.97 Å². The topological polar surface area (TPSA) is 162 Å². The molecule has 1 atom stereocenters. The average Bonchev–Trinajstić information content (AvgIpc) is 3.44. The lowest BCUT2D eigenvalue weighted by Crippen LogP contribution is -2.31. The molecule has 3 heterocycles. The molecule has 1 aliphatic carbocycles. The van der Waals surface area contributed by atoms with Gasteiger partial charge in [0.1, 0.15) is 23.7 Å². The van der Waals surface area contributed by atoms with Crippen LogP contribution in [0.5, 0.6) is 0 Å². The van der Waals surface area contributed by atoms with Gasteiger partial charge in [-0.05, 0) is 25.0 Å². The van der Waals surface area contributed by atoms with E-state index in [0.717, 1.165) is 25.7 Å². The third-order valence-corrected chi connectivity index (χ3v) is 4.76. The fraction of sp³-hybridized carbons (Fsp3) is 0.333. The van der Waals surface area contributed by atoms with Gasteiger partial charge in [-0.2, -0.15) is 5.10 Å². The highest BCUT2D eigenvalue weighted by atomic mass is 16.3. The lowest BCUT2D eigenvalue weighted by molar-refractivity contribution is 0.269. The standard InChI is InChI=1S/C18H22N8O2/c19-15(14-16(20)21-9-22-17(14)23-10-4-1-2-5-10)18(27)24-13-8-11(25-26-13)12-6-3-7-28-12/h3,6-10,18-19,27H,1-2,4-5H2,(H2,24,25,26)(H3,20,21,22,23). The highest BCUT2D eigenvalue weighted by molar-refractivity contribution is 6.09. The Morgan fingerprint density at radius 3 is 2.93 bits per heavy atom. The first kappa shape index (κ1) is 18.0. The number of rotatable bonds is 7. The molecule has 1 unspecified atom stereocenters. The number of anilines is 3. The number of hydrogen-bond donors (Lipinski definition) is 6. The van der Waals surface area contributed by atoms with Crippen molar-refractivity contribution in [2.75, 3.05) is 16.4 Å². The van der Waals surface area contributed by atoms with E-state index in [1.165, 1.54) is 6.33 Å². The summed E-state index contributed by atoms with van der Waals surface area (Å²) < 4.78 is 5.30. The maximum Gasteiger partial charge on any atom is 0.169 e. The molecule has 0 amide bonds. The van der Waals surface area contributed by atoms with Crippen molar-refractivity contribution in [1.82, 2.24) is 20.2 Å². The van der Waals surface area contributed by atoms with Crippen LogP contribution >= 0.6 is 0 Å². The third kappa shape index (κ3) is 3.67. The number of aromatic amines is 1. The van der Waals surface area contributed by atoms with Crippen molar-refractivity contribution >= 4 is 23.2 Å². The number of H-pyrrole nitrogens is 1. The van der Waals surface area contributed by atoms with Crippen molar-refractivity contribution in [3.05, 3.63) is 36.4 Å². The summed E-state index contributed by atoms with van der Waals surface area (Å²) in [4.78, 5) is 8.21. The minimum Gasteiger partial charge on any atom is -0.463 e. The van der Waals surface area contributed by atoms with Gasteiger partial charge in [-0.1, -0.05) is 12.8 Å². The highest BCUT2D eigenvalue weighted by Crippen LogP contribution is 2.26. The van der Waals surface area contributed by atoms with Crippen molar-refractivity contribution < 1.29 is 9.52 Å². The smallest absolute Gasteiger partial charge is 0.169 e. The van der Waals surface area contributed by atoms with E-state index in [-0.39, 0.29) is 23.1 Å². The summed E-state index contributed by atoms with van der Waals surface area (Å²) in [6.07, 6.45) is 5.97. The first-order chi connectivity index (χ1) is 13.6. The molecule has 10 heteroatoms. The Morgan fingerprint density at radius 2 is 2.18 bits per heavy atom. The number of aliphatic hydroxyl groups is 1. The molecule has 28 heavy (non-hydrogen) atoms. The zero-order valence-corrected chi connectivity index (χ0v) is 15.1. The Hall–Kier alpha value is -3.40. The predicted octanol–water partition coefficient (Wildman–Crippen LogP) is 2.19. The van der Waals surface area contributed by atoms with E-state index in [4.69, 9.17) is 15.6 Å². The number of aliphatic hydroxyl groups excluding tert-OH is 1. The van der Waals surface area contributed by atoms with Crippen molar-refractivity contribution in [2.45, 2.75) is 38.0 Å². The van der Waals surface area contributed by atoms with Crippen LogP contribution in [0.15, 0.2) is 35.2 Å². The third-order valence-electron chi connectivity index (χ3n) is 4.76. The summed E-state index contributed by atoms with van der Waals surface area (Å²) in [6, 6.07) is 5.52. The predicted molar refractivity (Wildman–Crippen MR) is 105 cm³/mol. The van der Waals surface area contributed by atoms with Gasteiger partial charge in [0.05, 0.1) is 17.5 Å². The largest absolute Gasteiger partial charge is 0.463 e. The van der Waals surface area contributed by atoms with Crippen LogP contribution in [0.1, 0.15) is 31.2 Å². The zero-order valence-electron chi connectivity index (χ0n) is 15.1. The van der Waals surface area contributed by atoms with E-state index in [9.17, 15) is 5.11 Å². The van der Waals surface area contributed by atoms with Gasteiger partial charge in [0.25, 0.3) is 0 Å². The van der Waals surface area contributed by atoms with E-state index in [1.54, 1.807) is 24.5 Å². The van der Waals surface area contributed by atoms with Crippen LogP contribution < -0.4 is 16.4 Å². The van der Waals surface area contributed by atoms with Crippen molar-refractivity contribution in [2.24, 2.45) is 0 Å². The number of nitrogens with one attached hydrogen (secondary N) is 4. The number of aromatic nitrogens is 4. The quantitative estimate of drug-likeness (QED) is 0.268. The molecule has 0 saturated heterocycles. The first-order valence-electron chi connectivity index (χ1n) is 9.11. The molecule has 146 valence electrons. The highest BCUT2D eigenvalue weighted by Gasteiger charge is 2.24. The Labute approximate surface area is 161 Å². The van der Waals surface area contributed by atoms with Gasteiger partial charge < -0.3 is 25.9 Å². The maximum atomic E-state index is 10.5. The summed E-state index contributed by atoms with van der Waals surface area (Å²) in [7, 11) is 0. The molecule has 10 nitrogen and oxygen atoms in total. The minimum absolute atomic E-state index is 0.138. The van der Waals surface area contributed by atoms with Gasteiger partial charge in [0.15, 0.2) is 17.8 Å². The van der Waals surface area contributed by atoms with Crippen molar-refractivity contribution in [1.29, 1.82) is 5.41 Å². The second-order valence-corrected chi connectivity index (χ2v) is 6.71. The van der Waals surface area contributed by atoms with E-state index in [0.29, 0.717) is 23.1 Å². The van der Waals surface area contributed by atoms with Crippen LogP contribution in [-0.2, 0) is 0 Å². The average molecular weight is 382 g/mol. The van der Waals surface area contributed by atoms with Gasteiger partial charge in [-0.3, -0.25) is 10.5 Å². The molecule has 1 aliphatic rings. The lowest BCUT2D eigenvalue weighted by Gasteiger charge is -2.20. The van der Waals surface area contributed by atoms with E-state index >= 15 is 0 Å². The van der Waals surface area contributed by atoms with Gasteiger partial charge in [0, 0.05) is 12.1 Å². The van der Waals surface area contributed by atoms with Gasteiger partial charge >= 0.3 is 0 Å². The van der Waals surface area contributed by atoms with E-state index < -0.39 is 6.23 Å². The van der Waals surface area contributed by atoms with Crippen LogP contribution in [0, 0.1) is 5.41 Å². The molecule has 1 fully saturated rings. The van der Waals surface area contributed by atoms with E-state index in [2.05, 4.69) is 30.8 Å². The number of hydrogen-bond acceptors (Lipinski definition) is 9. The summed E-state index contributed by atoms with van der Waals surface area (Å²) in [5.41, 5.74) is 6.79. The van der Waals surface area contributed by atoms with Crippen molar-refractivity contribution in [3.8, 4) is 11.5 Å². The van der Waals surface area contributed by atoms with Crippen LogP contribution in [0.4, 0.5) is 17.5 Å². The molecule has 3 aromatic rings. The van der Waals surface area contributed by atoms with Gasteiger partial charge in [0.2, 0.25) is 0 Å². The molecule has 0 aliphatic heterocycles. The maximum absolute atomic E-state index is 10.5. The summed E-state index contributed by atoms with van der Waals surface area (Å²) in [5.74, 6) is 1.58. The Morgan fingerprint density at radius 1 is 1.36 bits per heavy atom. The molecular formula is C18H22N8O2. The Balaban J connectivity index is 1.50. The number of nitrogen functional groups attached to an aromatic ring is 1. The summed E-state index contributed by atoms with van der Waals surface area (Å²) >= 11 is 0. The monoisotopic (exact) mass is 382 g/mol. The molecular weight excluding hydrogens is 360 g/mol.